The first-order chi connectivity index (χ1) is 8.55. The van der Waals surface area contributed by atoms with Gasteiger partial charge < -0.3 is 10.6 Å². The minimum Gasteiger partial charge on any atom is -0.373 e. The SMILES string of the molecule is CCc1nc(NC)cc(SCC(=O)NC(C)C)n1. The lowest BCUT2D eigenvalue weighted by molar-refractivity contribution is -0.119. The number of carbonyl (C=O) groups excluding carboxylic acids is 1. The predicted molar refractivity (Wildman–Crippen MR) is 75.0 cm³/mol. The molecule has 0 saturated heterocycles. The molecule has 0 unspecified atom stereocenters. The van der Waals surface area contributed by atoms with Crippen LogP contribution in [0.3, 0.4) is 0 Å². The van der Waals surface area contributed by atoms with Crippen LogP contribution < -0.4 is 10.6 Å². The lowest BCUT2D eigenvalue weighted by Gasteiger charge is -2.09. The number of hydrogen-bond acceptors (Lipinski definition) is 5. The standard InChI is InChI=1S/C12H20N4OS/c1-5-9-15-10(13-4)6-12(16-9)18-7-11(17)14-8(2)3/h6,8H,5,7H2,1-4H3,(H,14,17)(H,13,15,16). The van der Waals surface area contributed by atoms with Gasteiger partial charge in [-0.2, -0.15) is 0 Å². The lowest BCUT2D eigenvalue weighted by Crippen LogP contribution is -2.31. The molecule has 18 heavy (non-hydrogen) atoms. The number of thioether (sulfide) groups is 1. The van der Waals surface area contributed by atoms with Crippen LogP contribution in [0.25, 0.3) is 0 Å². The third-order valence-electron chi connectivity index (χ3n) is 2.12. The normalized spacial score (nSPS) is 10.5. The first-order valence-corrected chi connectivity index (χ1v) is 7.01. The third-order valence-corrected chi connectivity index (χ3v) is 3.03. The fourth-order valence-corrected chi connectivity index (χ4v) is 2.06. The zero-order valence-electron chi connectivity index (χ0n) is 11.3. The molecule has 100 valence electrons. The van der Waals surface area contributed by atoms with Crippen LogP contribution >= 0.6 is 11.8 Å². The summed E-state index contributed by atoms with van der Waals surface area (Å²) in [4.78, 5) is 20.2. The Morgan fingerprint density at radius 1 is 1.44 bits per heavy atom. The van der Waals surface area contributed by atoms with Gasteiger partial charge in [0.1, 0.15) is 16.7 Å². The Morgan fingerprint density at radius 2 is 2.17 bits per heavy atom. The van der Waals surface area contributed by atoms with Gasteiger partial charge in [-0.05, 0) is 13.8 Å². The van der Waals surface area contributed by atoms with Crippen molar-refractivity contribution in [1.29, 1.82) is 0 Å². The fourth-order valence-electron chi connectivity index (χ4n) is 1.34. The van der Waals surface area contributed by atoms with Crippen LogP contribution in [-0.2, 0) is 11.2 Å². The summed E-state index contributed by atoms with van der Waals surface area (Å²) in [7, 11) is 1.82. The molecule has 0 saturated carbocycles. The van der Waals surface area contributed by atoms with Crippen LogP contribution in [0.15, 0.2) is 11.1 Å². The summed E-state index contributed by atoms with van der Waals surface area (Å²) < 4.78 is 0. The molecule has 1 heterocycles. The van der Waals surface area contributed by atoms with Crippen LogP contribution in [-0.4, -0.2) is 34.7 Å². The Labute approximate surface area is 112 Å². The molecule has 0 aromatic carbocycles. The Bertz CT molecular complexity index is 387. The Hall–Kier alpha value is -1.30. The summed E-state index contributed by atoms with van der Waals surface area (Å²) in [5.41, 5.74) is 0. The van der Waals surface area contributed by atoms with Crippen LogP contribution in [0.1, 0.15) is 26.6 Å². The number of hydrogen-bond donors (Lipinski definition) is 2. The number of anilines is 1. The second-order valence-electron chi connectivity index (χ2n) is 4.12. The topological polar surface area (TPSA) is 66.9 Å². The van der Waals surface area contributed by atoms with Crippen molar-refractivity contribution in [2.24, 2.45) is 0 Å². The second kappa shape index (κ2) is 7.20. The van der Waals surface area contributed by atoms with Gasteiger partial charge in [-0.25, -0.2) is 9.97 Å². The van der Waals surface area contributed by atoms with Crippen molar-refractivity contribution in [3.63, 3.8) is 0 Å². The van der Waals surface area contributed by atoms with Crippen LogP contribution in [0, 0.1) is 0 Å². The number of aryl methyl sites for hydroxylation is 1. The van der Waals surface area contributed by atoms with E-state index in [2.05, 4.69) is 20.6 Å². The quantitative estimate of drug-likeness (QED) is 0.607. The monoisotopic (exact) mass is 268 g/mol. The Balaban J connectivity index is 2.63. The van der Waals surface area contributed by atoms with Gasteiger partial charge in [-0.1, -0.05) is 18.7 Å². The molecule has 5 nitrogen and oxygen atoms in total. The second-order valence-corrected chi connectivity index (χ2v) is 5.12. The van der Waals surface area contributed by atoms with Gasteiger partial charge in [0.2, 0.25) is 5.91 Å². The number of aromatic nitrogens is 2. The number of nitrogens with zero attached hydrogens (tertiary/aromatic N) is 2. The van der Waals surface area contributed by atoms with E-state index >= 15 is 0 Å². The van der Waals surface area contributed by atoms with Crippen molar-refractivity contribution in [3.8, 4) is 0 Å². The highest BCUT2D eigenvalue weighted by Gasteiger charge is 2.07. The molecule has 0 atom stereocenters. The minimum absolute atomic E-state index is 0.0256. The van der Waals surface area contributed by atoms with Gasteiger partial charge in [-0.3, -0.25) is 4.79 Å². The summed E-state index contributed by atoms with van der Waals surface area (Å²) in [5.74, 6) is 1.97. The van der Waals surface area contributed by atoms with Crippen molar-refractivity contribution in [3.05, 3.63) is 11.9 Å². The van der Waals surface area contributed by atoms with E-state index in [4.69, 9.17) is 0 Å². The van der Waals surface area contributed by atoms with E-state index in [1.807, 2.05) is 33.9 Å². The van der Waals surface area contributed by atoms with E-state index in [0.29, 0.717) is 5.75 Å². The van der Waals surface area contributed by atoms with E-state index in [1.54, 1.807) is 0 Å². The van der Waals surface area contributed by atoms with Crippen molar-refractivity contribution < 1.29 is 4.79 Å². The number of carbonyl (C=O) groups is 1. The largest absolute Gasteiger partial charge is 0.373 e. The molecule has 0 fully saturated rings. The summed E-state index contributed by atoms with van der Waals surface area (Å²) in [6.45, 7) is 5.90. The fraction of sp³-hybridized carbons (Fsp3) is 0.583. The molecule has 0 radical (unpaired) electrons. The van der Waals surface area contributed by atoms with Gasteiger partial charge in [0.05, 0.1) is 5.75 Å². The van der Waals surface area contributed by atoms with E-state index in [0.717, 1.165) is 23.1 Å². The Kier molecular flexibility index (Phi) is 5.91. The summed E-state index contributed by atoms with van der Waals surface area (Å²) in [5, 5.41) is 6.67. The molecule has 0 bridgehead atoms. The average molecular weight is 268 g/mol. The first kappa shape index (κ1) is 14.8. The average Bonchev–Trinajstić information content (AvgIpc) is 2.35. The number of nitrogens with one attached hydrogen (secondary N) is 2. The zero-order chi connectivity index (χ0) is 13.5. The molecule has 0 spiro atoms. The molecule has 1 amide bonds. The molecular formula is C12H20N4OS. The van der Waals surface area contributed by atoms with Crippen molar-refractivity contribution in [2.45, 2.75) is 38.3 Å². The van der Waals surface area contributed by atoms with Gasteiger partial charge in [0, 0.05) is 25.6 Å². The molecular weight excluding hydrogens is 248 g/mol. The zero-order valence-corrected chi connectivity index (χ0v) is 12.1. The van der Waals surface area contributed by atoms with Gasteiger partial charge >= 0.3 is 0 Å². The van der Waals surface area contributed by atoms with Gasteiger partial charge in [0.25, 0.3) is 0 Å². The predicted octanol–water partition coefficient (Wildman–Crippen LogP) is 1.70. The smallest absolute Gasteiger partial charge is 0.230 e. The van der Waals surface area contributed by atoms with Crippen molar-refractivity contribution in [2.75, 3.05) is 18.1 Å². The van der Waals surface area contributed by atoms with Crippen molar-refractivity contribution >= 4 is 23.5 Å². The summed E-state index contributed by atoms with van der Waals surface area (Å²) in [6.07, 6.45) is 0.779. The number of amides is 1. The highest BCUT2D eigenvalue weighted by atomic mass is 32.2. The lowest BCUT2D eigenvalue weighted by atomic mass is 10.4. The summed E-state index contributed by atoms with van der Waals surface area (Å²) in [6, 6.07) is 2.02. The van der Waals surface area contributed by atoms with Crippen LogP contribution in [0.2, 0.25) is 0 Å². The summed E-state index contributed by atoms with van der Waals surface area (Å²) >= 11 is 1.43. The molecule has 2 N–H and O–H groups in total. The molecule has 6 heteroatoms. The molecule has 0 aliphatic carbocycles. The molecule has 0 aliphatic rings. The van der Waals surface area contributed by atoms with Crippen LogP contribution in [0.4, 0.5) is 5.82 Å². The minimum atomic E-state index is 0.0256. The molecule has 1 aromatic rings. The van der Waals surface area contributed by atoms with Gasteiger partial charge in [0.15, 0.2) is 0 Å². The maximum atomic E-state index is 11.5. The molecule has 1 rings (SSSR count). The maximum Gasteiger partial charge on any atom is 0.230 e. The maximum absolute atomic E-state index is 11.5. The van der Waals surface area contributed by atoms with E-state index < -0.39 is 0 Å². The Morgan fingerprint density at radius 3 is 2.72 bits per heavy atom. The van der Waals surface area contributed by atoms with Crippen LogP contribution in [0.5, 0.6) is 0 Å². The van der Waals surface area contributed by atoms with E-state index in [-0.39, 0.29) is 11.9 Å². The molecule has 1 aromatic heterocycles. The molecule has 0 aliphatic heterocycles. The number of rotatable bonds is 6. The van der Waals surface area contributed by atoms with E-state index in [9.17, 15) is 4.79 Å². The van der Waals surface area contributed by atoms with Gasteiger partial charge in [-0.15, -0.1) is 0 Å². The highest BCUT2D eigenvalue weighted by molar-refractivity contribution is 7.99. The first-order valence-electron chi connectivity index (χ1n) is 6.03. The van der Waals surface area contributed by atoms with Crippen molar-refractivity contribution in [1.82, 2.24) is 15.3 Å². The third kappa shape index (κ3) is 4.91. The van der Waals surface area contributed by atoms with E-state index in [1.165, 1.54) is 11.8 Å². The highest BCUT2D eigenvalue weighted by Crippen LogP contribution is 2.18.